The first-order valence-corrected chi connectivity index (χ1v) is 14.7. The number of amides is 2. The summed E-state index contributed by atoms with van der Waals surface area (Å²) in [4.78, 5) is 37.1. The van der Waals surface area contributed by atoms with Gasteiger partial charge in [0.15, 0.2) is 0 Å². The molecule has 0 aliphatic carbocycles. The van der Waals surface area contributed by atoms with Gasteiger partial charge in [0.05, 0.1) is 23.4 Å². The lowest BCUT2D eigenvalue weighted by atomic mass is 10.00. The Kier molecular flexibility index (Phi) is 9.94. The molecule has 1 aliphatic rings. The van der Waals surface area contributed by atoms with E-state index in [0.29, 0.717) is 30.8 Å². The molecule has 0 radical (unpaired) electrons. The van der Waals surface area contributed by atoms with E-state index >= 15 is 0 Å². The summed E-state index contributed by atoms with van der Waals surface area (Å²) in [6.45, 7) is 2.41. The first kappa shape index (κ1) is 31.9. The fourth-order valence-corrected chi connectivity index (χ4v) is 5.39. The summed E-state index contributed by atoms with van der Waals surface area (Å²) in [6.07, 6.45) is -0.837. The third-order valence-corrected chi connectivity index (χ3v) is 7.69. The molecule has 3 heterocycles. The van der Waals surface area contributed by atoms with Crippen molar-refractivity contribution >= 4 is 11.8 Å². The van der Waals surface area contributed by atoms with E-state index in [0.717, 1.165) is 29.8 Å². The minimum atomic E-state index is -4.45. The molecule has 2 aromatic heterocycles. The average molecular weight is 622 g/mol. The van der Waals surface area contributed by atoms with Crippen LogP contribution in [-0.4, -0.2) is 57.0 Å². The molecule has 9 nitrogen and oxygen atoms in total. The van der Waals surface area contributed by atoms with Crippen molar-refractivity contribution in [2.75, 3.05) is 13.1 Å². The number of alkyl halides is 3. The van der Waals surface area contributed by atoms with Gasteiger partial charge in [-0.3, -0.25) is 14.6 Å². The molecular weight excluding hydrogens is 587 g/mol. The van der Waals surface area contributed by atoms with Crippen molar-refractivity contribution in [2.24, 2.45) is 0 Å². The van der Waals surface area contributed by atoms with Gasteiger partial charge in [-0.2, -0.15) is 13.2 Å². The molecule has 3 N–H and O–H groups in total. The van der Waals surface area contributed by atoms with E-state index in [9.17, 15) is 27.9 Å². The molecule has 236 valence electrons. The number of hydrogen-bond acceptors (Lipinski definition) is 7. The summed E-state index contributed by atoms with van der Waals surface area (Å²) in [7, 11) is 0. The zero-order chi connectivity index (χ0) is 32.0. The third-order valence-electron chi connectivity index (χ3n) is 7.69. The number of halogens is 3. The normalized spacial score (nSPS) is 16.4. The number of rotatable bonds is 11. The van der Waals surface area contributed by atoms with Crippen molar-refractivity contribution in [3.05, 3.63) is 119 Å². The van der Waals surface area contributed by atoms with Gasteiger partial charge in [0.2, 0.25) is 5.89 Å². The molecule has 45 heavy (non-hydrogen) atoms. The minimum Gasteiger partial charge on any atom is -0.446 e. The van der Waals surface area contributed by atoms with Gasteiger partial charge in [-0.25, -0.2) is 4.98 Å². The molecule has 3 atom stereocenters. The second-order valence-corrected chi connectivity index (χ2v) is 11.1. The van der Waals surface area contributed by atoms with E-state index in [1.54, 1.807) is 17.2 Å². The Balaban J connectivity index is 1.26. The summed E-state index contributed by atoms with van der Waals surface area (Å²) in [5.41, 5.74) is 1.54. The van der Waals surface area contributed by atoms with Crippen LogP contribution in [0.3, 0.4) is 0 Å². The number of likely N-dealkylation sites (tertiary alicyclic amines) is 1. The topological polar surface area (TPSA) is 121 Å². The number of benzene rings is 2. The Labute approximate surface area is 258 Å². The van der Waals surface area contributed by atoms with E-state index in [2.05, 4.69) is 20.6 Å². The summed E-state index contributed by atoms with van der Waals surface area (Å²) in [5.74, 6) is -0.389. The number of hydrogen-bond donors (Lipinski definition) is 3. The smallest absolute Gasteiger partial charge is 0.416 e. The van der Waals surface area contributed by atoms with Crippen LogP contribution in [0.1, 0.15) is 68.0 Å². The maximum absolute atomic E-state index is 13.4. The number of nitrogens with one attached hydrogen (secondary N) is 2. The highest BCUT2D eigenvalue weighted by Gasteiger charge is 2.35. The maximum Gasteiger partial charge on any atom is 0.416 e. The number of aromatic nitrogens is 2. The number of carbonyl (C=O) groups is 2. The number of oxazole rings is 1. The molecule has 0 saturated carbocycles. The Morgan fingerprint density at radius 2 is 1.87 bits per heavy atom. The van der Waals surface area contributed by atoms with Crippen molar-refractivity contribution in [1.82, 2.24) is 25.5 Å². The van der Waals surface area contributed by atoms with Crippen LogP contribution in [0.15, 0.2) is 83.6 Å². The first-order valence-electron chi connectivity index (χ1n) is 14.7. The van der Waals surface area contributed by atoms with Gasteiger partial charge in [-0.1, -0.05) is 48.5 Å². The van der Waals surface area contributed by atoms with Gasteiger partial charge >= 0.3 is 6.18 Å². The summed E-state index contributed by atoms with van der Waals surface area (Å²) in [5, 5.41) is 17.0. The van der Waals surface area contributed by atoms with Crippen LogP contribution in [0.25, 0.3) is 0 Å². The van der Waals surface area contributed by atoms with Crippen molar-refractivity contribution in [3.63, 3.8) is 0 Å². The van der Waals surface area contributed by atoms with Crippen molar-refractivity contribution in [2.45, 2.75) is 57.1 Å². The fourth-order valence-electron chi connectivity index (χ4n) is 5.39. The maximum atomic E-state index is 13.4. The van der Waals surface area contributed by atoms with Crippen molar-refractivity contribution in [3.8, 4) is 0 Å². The average Bonchev–Trinajstić information content (AvgIpc) is 3.70. The van der Waals surface area contributed by atoms with Gasteiger partial charge in [0, 0.05) is 31.4 Å². The van der Waals surface area contributed by atoms with Crippen molar-refractivity contribution < 1.29 is 32.3 Å². The highest BCUT2D eigenvalue weighted by molar-refractivity contribution is 5.98. The van der Waals surface area contributed by atoms with Crippen molar-refractivity contribution in [1.29, 1.82) is 0 Å². The zero-order valence-electron chi connectivity index (χ0n) is 24.6. The molecule has 2 aromatic carbocycles. The Morgan fingerprint density at radius 3 is 2.60 bits per heavy atom. The van der Waals surface area contributed by atoms with Crippen LogP contribution in [0.2, 0.25) is 0 Å². The molecule has 0 bridgehead atoms. The Morgan fingerprint density at radius 1 is 1.09 bits per heavy atom. The number of nitrogens with zero attached hydrogens (tertiary/aromatic N) is 3. The second-order valence-electron chi connectivity index (χ2n) is 11.1. The Bertz CT molecular complexity index is 1610. The third kappa shape index (κ3) is 8.14. The van der Waals surface area contributed by atoms with Gasteiger partial charge in [0.1, 0.15) is 18.0 Å². The predicted molar refractivity (Wildman–Crippen MR) is 159 cm³/mol. The van der Waals surface area contributed by atoms with Gasteiger partial charge in [-0.05, 0) is 55.5 Å². The molecule has 1 fully saturated rings. The summed E-state index contributed by atoms with van der Waals surface area (Å²) in [6, 6.07) is 16.1. The van der Waals surface area contributed by atoms with Gasteiger partial charge < -0.3 is 25.1 Å². The van der Waals surface area contributed by atoms with E-state index in [-0.39, 0.29) is 36.3 Å². The predicted octanol–water partition coefficient (Wildman–Crippen LogP) is 4.87. The lowest BCUT2D eigenvalue weighted by Gasteiger charge is -2.25. The molecule has 0 spiro atoms. The van der Waals surface area contributed by atoms with Crippen LogP contribution in [0, 0.1) is 6.92 Å². The molecule has 12 heteroatoms. The summed E-state index contributed by atoms with van der Waals surface area (Å²) < 4.78 is 44.8. The van der Waals surface area contributed by atoms with E-state index in [1.807, 2.05) is 37.3 Å². The van der Waals surface area contributed by atoms with Gasteiger partial charge in [0.25, 0.3) is 11.8 Å². The van der Waals surface area contributed by atoms with E-state index in [4.69, 9.17) is 4.42 Å². The fraction of sp³-hybridized carbons (Fsp3) is 0.333. The minimum absolute atomic E-state index is 0.00471. The second kappa shape index (κ2) is 14.0. The highest BCUT2D eigenvalue weighted by Crippen LogP contribution is 2.32. The lowest BCUT2D eigenvalue weighted by molar-refractivity contribution is -0.137. The van der Waals surface area contributed by atoms with Crippen LogP contribution < -0.4 is 10.6 Å². The van der Waals surface area contributed by atoms with Crippen LogP contribution >= 0.6 is 0 Å². The van der Waals surface area contributed by atoms with Crippen LogP contribution in [0.4, 0.5) is 13.2 Å². The number of pyridine rings is 1. The summed E-state index contributed by atoms with van der Waals surface area (Å²) >= 11 is 0. The number of carbonyl (C=O) groups excluding carboxylic acids is 2. The quantitative estimate of drug-likeness (QED) is 0.219. The molecule has 4 aromatic rings. The molecule has 1 aliphatic heterocycles. The molecule has 1 saturated heterocycles. The zero-order valence-corrected chi connectivity index (χ0v) is 24.6. The number of aliphatic hydroxyl groups is 1. The van der Waals surface area contributed by atoms with E-state index in [1.165, 1.54) is 24.4 Å². The van der Waals surface area contributed by atoms with Crippen LogP contribution in [-0.2, 0) is 19.1 Å². The van der Waals surface area contributed by atoms with E-state index < -0.39 is 29.8 Å². The van der Waals surface area contributed by atoms with Gasteiger partial charge in [-0.15, -0.1) is 0 Å². The Hall–Kier alpha value is -4.55. The number of aryl methyl sites for hydroxylation is 1. The number of aliphatic hydroxyl groups excluding tert-OH is 1. The monoisotopic (exact) mass is 621 g/mol. The molecular formula is C33H34F3N5O4. The molecule has 5 rings (SSSR count). The lowest BCUT2D eigenvalue weighted by Crippen LogP contribution is -2.48. The molecule has 0 unspecified atom stereocenters. The SMILES string of the molecule is Cc1coc([C@H]2CCCN2C(=O)c2cc(C(=O)N[C@@H](Cc3ccccc3)[C@H](O)CNCc3cccc(C(F)(F)F)c3)ccn2)n1. The first-order chi connectivity index (χ1) is 21.6. The highest BCUT2D eigenvalue weighted by atomic mass is 19.4. The van der Waals surface area contributed by atoms with Crippen LogP contribution in [0.5, 0.6) is 0 Å². The standard InChI is InChI=1S/C33H34F3N5O4/c1-21-20-45-31(39-21)28-11-6-14-41(28)32(44)27-17-24(12-13-38-27)30(43)40-26(16-22-7-3-2-4-8-22)29(42)19-37-18-23-9-5-10-25(15-23)33(34,35)36/h2-5,7-10,12-13,15,17,20,26,28-29,37,42H,6,11,14,16,18-19H2,1H3,(H,40,43)/t26-,28+,29+/m0/s1. The largest absolute Gasteiger partial charge is 0.446 e. The molecule has 2 amide bonds.